The number of unbranched alkanes of at least 4 members (excludes halogenated alkanes) is 1. The van der Waals surface area contributed by atoms with E-state index in [9.17, 15) is 0 Å². The average molecular weight is 405 g/mol. The molecule has 1 aliphatic rings. The van der Waals surface area contributed by atoms with Gasteiger partial charge in [0.25, 0.3) is 0 Å². The van der Waals surface area contributed by atoms with Crippen molar-refractivity contribution in [3.8, 4) is 17.2 Å². The van der Waals surface area contributed by atoms with Crippen LogP contribution < -0.4 is 19.5 Å². The number of methoxy groups -OCH3 is 1. The first-order valence-corrected chi connectivity index (χ1v) is 9.67. The number of nitrogens with one attached hydrogen (secondary N) is 1. The maximum absolute atomic E-state index is 6.01. The van der Waals surface area contributed by atoms with Gasteiger partial charge in [0.2, 0.25) is 0 Å². The summed E-state index contributed by atoms with van der Waals surface area (Å²) in [5, 5.41) is 3.31. The molecule has 3 rings (SSSR count). The Morgan fingerprint density at radius 2 is 2.03 bits per heavy atom. The van der Waals surface area contributed by atoms with Gasteiger partial charge in [0.15, 0.2) is 23.1 Å². The molecule has 29 heavy (non-hydrogen) atoms. The predicted octanol–water partition coefficient (Wildman–Crippen LogP) is 3.78. The van der Waals surface area contributed by atoms with Crippen molar-refractivity contribution >= 4 is 5.82 Å². The molecule has 1 aliphatic heterocycles. The van der Waals surface area contributed by atoms with E-state index in [1.807, 2.05) is 13.0 Å². The highest BCUT2D eigenvalue weighted by atomic mass is 16.6. The summed E-state index contributed by atoms with van der Waals surface area (Å²) in [5.41, 5.74) is 0.731. The van der Waals surface area contributed by atoms with Crippen LogP contribution in [0.2, 0.25) is 0 Å². The van der Waals surface area contributed by atoms with Gasteiger partial charge in [0.1, 0.15) is 18.5 Å². The largest absolute Gasteiger partial charge is 0.491 e. The first-order chi connectivity index (χ1) is 13.7. The lowest BCUT2D eigenvalue weighted by Gasteiger charge is -2.16. The number of hydrogen-bond donors (Lipinski definition) is 1. The molecule has 8 heteroatoms. The van der Waals surface area contributed by atoms with Crippen LogP contribution in [0.1, 0.15) is 45.1 Å². The minimum Gasteiger partial charge on any atom is -0.491 e. The second kappa shape index (κ2) is 11.4. The standard InChI is InChI=1S/C20H28N4O4.CH4/c1-4-5-7-21-20-19(11-22-14(2)24-20)27-12-15-9-17(18(25-3)10-23-15)28-16-6-8-26-13-16;/h9-11,16H,4-8,12-13H2,1-3H3,(H,21,22,24);1H4. The van der Waals surface area contributed by atoms with E-state index >= 15 is 0 Å². The zero-order chi connectivity index (χ0) is 19.8. The molecule has 1 unspecified atom stereocenters. The van der Waals surface area contributed by atoms with Crippen LogP contribution in [0.15, 0.2) is 18.5 Å². The van der Waals surface area contributed by atoms with Crippen LogP contribution >= 0.6 is 0 Å². The molecule has 0 bridgehead atoms. The van der Waals surface area contributed by atoms with E-state index in [1.54, 1.807) is 19.5 Å². The highest BCUT2D eigenvalue weighted by molar-refractivity contribution is 5.48. The molecule has 8 nitrogen and oxygen atoms in total. The number of anilines is 1. The molecule has 0 saturated carbocycles. The summed E-state index contributed by atoms with van der Waals surface area (Å²) >= 11 is 0. The first-order valence-electron chi connectivity index (χ1n) is 9.67. The number of aryl methyl sites for hydroxylation is 1. The molecule has 3 heterocycles. The lowest BCUT2D eigenvalue weighted by Crippen LogP contribution is -2.16. The fourth-order valence-corrected chi connectivity index (χ4v) is 2.80. The van der Waals surface area contributed by atoms with Crippen LogP contribution in [0.25, 0.3) is 0 Å². The number of aromatic nitrogens is 3. The highest BCUT2D eigenvalue weighted by Crippen LogP contribution is 2.30. The molecule has 1 saturated heterocycles. The Bertz CT molecular complexity index is 766. The lowest BCUT2D eigenvalue weighted by molar-refractivity contribution is 0.138. The normalized spacial score (nSPS) is 15.5. The van der Waals surface area contributed by atoms with E-state index in [0.29, 0.717) is 35.5 Å². The molecule has 1 fully saturated rings. The Balaban J connectivity index is 0.00000300. The van der Waals surface area contributed by atoms with Crippen molar-refractivity contribution in [3.63, 3.8) is 0 Å². The number of hydrogen-bond acceptors (Lipinski definition) is 8. The van der Waals surface area contributed by atoms with Crippen molar-refractivity contribution < 1.29 is 18.9 Å². The number of nitrogens with zero attached hydrogens (tertiary/aromatic N) is 3. The van der Waals surface area contributed by atoms with Crippen molar-refractivity contribution in [1.82, 2.24) is 15.0 Å². The number of rotatable bonds is 10. The minimum absolute atomic E-state index is 0. The van der Waals surface area contributed by atoms with Gasteiger partial charge < -0.3 is 24.3 Å². The quantitative estimate of drug-likeness (QED) is 0.599. The van der Waals surface area contributed by atoms with Crippen molar-refractivity contribution in [2.45, 2.75) is 53.2 Å². The second-order valence-electron chi connectivity index (χ2n) is 6.63. The van der Waals surface area contributed by atoms with E-state index in [2.05, 4.69) is 27.2 Å². The van der Waals surface area contributed by atoms with Crippen LogP contribution in [-0.4, -0.2) is 47.9 Å². The van der Waals surface area contributed by atoms with Gasteiger partial charge >= 0.3 is 0 Å². The third-order valence-corrected chi connectivity index (χ3v) is 4.36. The van der Waals surface area contributed by atoms with Gasteiger partial charge in [-0.1, -0.05) is 20.8 Å². The van der Waals surface area contributed by atoms with E-state index in [0.717, 1.165) is 38.1 Å². The molecule has 1 atom stereocenters. The summed E-state index contributed by atoms with van der Waals surface area (Å²) in [6.45, 7) is 6.43. The van der Waals surface area contributed by atoms with Crippen LogP contribution in [-0.2, 0) is 11.3 Å². The summed E-state index contributed by atoms with van der Waals surface area (Å²) in [7, 11) is 1.60. The molecule has 0 amide bonds. The van der Waals surface area contributed by atoms with Crippen LogP contribution in [0.5, 0.6) is 17.2 Å². The summed E-state index contributed by atoms with van der Waals surface area (Å²) < 4.78 is 22.7. The fraction of sp³-hybridized carbons (Fsp3) is 0.571. The van der Waals surface area contributed by atoms with Crippen LogP contribution in [0, 0.1) is 6.92 Å². The maximum Gasteiger partial charge on any atom is 0.180 e. The van der Waals surface area contributed by atoms with Crippen molar-refractivity contribution in [1.29, 1.82) is 0 Å². The van der Waals surface area contributed by atoms with Crippen molar-refractivity contribution in [2.75, 3.05) is 32.2 Å². The Morgan fingerprint density at radius 1 is 1.21 bits per heavy atom. The smallest absolute Gasteiger partial charge is 0.180 e. The molecule has 2 aromatic heterocycles. The molecular weight excluding hydrogens is 372 g/mol. The molecule has 0 aliphatic carbocycles. The number of pyridine rings is 1. The van der Waals surface area contributed by atoms with Gasteiger partial charge in [-0.15, -0.1) is 0 Å². The van der Waals surface area contributed by atoms with Gasteiger partial charge in [-0.25, -0.2) is 9.97 Å². The van der Waals surface area contributed by atoms with Crippen LogP contribution in [0.3, 0.4) is 0 Å². The topological polar surface area (TPSA) is 87.6 Å². The zero-order valence-corrected chi connectivity index (χ0v) is 16.7. The second-order valence-corrected chi connectivity index (χ2v) is 6.63. The third kappa shape index (κ3) is 6.45. The minimum atomic E-state index is 0. The Hall–Kier alpha value is -2.61. The average Bonchev–Trinajstić information content (AvgIpc) is 3.21. The first kappa shape index (κ1) is 22.7. The van der Waals surface area contributed by atoms with Gasteiger partial charge in [0.05, 0.1) is 38.4 Å². The Kier molecular flexibility index (Phi) is 8.92. The fourth-order valence-electron chi connectivity index (χ4n) is 2.80. The van der Waals surface area contributed by atoms with Gasteiger partial charge in [-0.2, -0.15) is 0 Å². The Morgan fingerprint density at radius 3 is 2.76 bits per heavy atom. The number of ether oxygens (including phenoxy) is 4. The van der Waals surface area contributed by atoms with Gasteiger partial charge in [0, 0.05) is 19.0 Å². The van der Waals surface area contributed by atoms with E-state index in [-0.39, 0.29) is 20.1 Å². The summed E-state index contributed by atoms with van der Waals surface area (Å²) in [6.07, 6.45) is 6.41. The molecule has 0 spiro atoms. The van der Waals surface area contributed by atoms with Crippen molar-refractivity contribution in [3.05, 3.63) is 30.0 Å². The van der Waals surface area contributed by atoms with E-state index in [1.165, 1.54) is 0 Å². The van der Waals surface area contributed by atoms with Crippen molar-refractivity contribution in [2.24, 2.45) is 0 Å². The summed E-state index contributed by atoms with van der Waals surface area (Å²) in [5.74, 6) is 3.24. The van der Waals surface area contributed by atoms with Crippen LogP contribution in [0.4, 0.5) is 5.82 Å². The SMILES string of the molecule is C.CCCCNc1nc(C)ncc1OCc1cc(OC2CCOC2)c(OC)cn1. The maximum atomic E-state index is 6.01. The Labute approximate surface area is 173 Å². The molecule has 0 aromatic carbocycles. The summed E-state index contributed by atoms with van der Waals surface area (Å²) in [4.78, 5) is 13.1. The van der Waals surface area contributed by atoms with E-state index < -0.39 is 0 Å². The summed E-state index contributed by atoms with van der Waals surface area (Å²) in [6, 6.07) is 1.84. The van der Waals surface area contributed by atoms with Gasteiger partial charge in [-0.3, -0.25) is 4.98 Å². The predicted molar refractivity (Wildman–Crippen MR) is 112 cm³/mol. The lowest BCUT2D eigenvalue weighted by atomic mass is 10.3. The molecule has 160 valence electrons. The van der Waals surface area contributed by atoms with E-state index in [4.69, 9.17) is 18.9 Å². The molecule has 0 radical (unpaired) electrons. The van der Waals surface area contributed by atoms with Gasteiger partial charge in [-0.05, 0) is 13.3 Å². The molecule has 2 aromatic rings. The highest BCUT2D eigenvalue weighted by Gasteiger charge is 2.20. The monoisotopic (exact) mass is 404 g/mol. The zero-order valence-electron chi connectivity index (χ0n) is 16.7. The third-order valence-electron chi connectivity index (χ3n) is 4.36. The molecule has 1 N–H and O–H groups in total. The molecular formula is C21H32N4O4.